The number of ether oxygens (including phenoxy) is 2. The first kappa shape index (κ1) is 11.9. The molecule has 17 heavy (non-hydrogen) atoms. The first-order valence-corrected chi connectivity index (χ1v) is 5.81. The minimum Gasteiger partial charge on any atom is -0.489 e. The van der Waals surface area contributed by atoms with Crippen molar-refractivity contribution in [2.75, 3.05) is 20.2 Å². The molecule has 1 fully saturated rings. The normalized spacial score (nSPS) is 19.0. The standard InChI is InChI=1S/C13H17NO3/c1-16-13(15)8-10-4-2-3-5-12(10)17-11-6-7-14-9-11/h2-5,11,14H,6-9H2,1H3. The van der Waals surface area contributed by atoms with E-state index in [1.165, 1.54) is 7.11 Å². The Hall–Kier alpha value is -1.55. The summed E-state index contributed by atoms with van der Waals surface area (Å²) in [6.45, 7) is 1.86. The monoisotopic (exact) mass is 235 g/mol. The molecule has 0 aromatic heterocycles. The summed E-state index contributed by atoms with van der Waals surface area (Å²) < 4.78 is 10.6. The van der Waals surface area contributed by atoms with Gasteiger partial charge in [-0.15, -0.1) is 0 Å². The highest BCUT2D eigenvalue weighted by Crippen LogP contribution is 2.21. The van der Waals surface area contributed by atoms with Gasteiger partial charge in [-0.2, -0.15) is 0 Å². The third-order valence-electron chi connectivity index (χ3n) is 2.84. The molecule has 1 heterocycles. The lowest BCUT2D eigenvalue weighted by molar-refractivity contribution is -0.139. The number of nitrogens with one attached hydrogen (secondary N) is 1. The first-order valence-electron chi connectivity index (χ1n) is 5.81. The Balaban J connectivity index is 2.06. The molecule has 1 N–H and O–H groups in total. The minimum absolute atomic E-state index is 0.203. The minimum atomic E-state index is -0.245. The summed E-state index contributed by atoms with van der Waals surface area (Å²) in [6.07, 6.45) is 1.47. The molecule has 0 radical (unpaired) electrons. The second kappa shape index (κ2) is 5.68. The van der Waals surface area contributed by atoms with E-state index in [0.717, 1.165) is 30.8 Å². The maximum Gasteiger partial charge on any atom is 0.310 e. The highest BCUT2D eigenvalue weighted by atomic mass is 16.5. The molecule has 0 saturated carbocycles. The summed E-state index contributed by atoms with van der Waals surface area (Å²) in [5.41, 5.74) is 0.881. The maximum atomic E-state index is 11.3. The largest absolute Gasteiger partial charge is 0.489 e. The van der Waals surface area contributed by atoms with Crippen LogP contribution >= 0.6 is 0 Å². The van der Waals surface area contributed by atoms with Gasteiger partial charge in [-0.1, -0.05) is 18.2 Å². The van der Waals surface area contributed by atoms with Crippen molar-refractivity contribution in [3.63, 3.8) is 0 Å². The zero-order valence-electron chi connectivity index (χ0n) is 9.94. The van der Waals surface area contributed by atoms with E-state index in [9.17, 15) is 4.79 Å². The van der Waals surface area contributed by atoms with Crippen molar-refractivity contribution in [2.24, 2.45) is 0 Å². The van der Waals surface area contributed by atoms with Gasteiger partial charge in [0.2, 0.25) is 0 Å². The SMILES string of the molecule is COC(=O)Cc1ccccc1OC1CCNC1. The van der Waals surface area contributed by atoms with Crippen LogP contribution in [0.1, 0.15) is 12.0 Å². The van der Waals surface area contributed by atoms with E-state index in [-0.39, 0.29) is 18.5 Å². The van der Waals surface area contributed by atoms with Crippen LogP contribution in [0.25, 0.3) is 0 Å². The molecule has 0 amide bonds. The summed E-state index contributed by atoms with van der Waals surface area (Å²) in [7, 11) is 1.40. The van der Waals surface area contributed by atoms with Crippen molar-refractivity contribution < 1.29 is 14.3 Å². The Morgan fingerprint density at radius 2 is 2.29 bits per heavy atom. The first-order chi connectivity index (χ1) is 8.29. The Morgan fingerprint density at radius 1 is 1.47 bits per heavy atom. The van der Waals surface area contributed by atoms with Crippen molar-refractivity contribution in [2.45, 2.75) is 18.9 Å². The lowest BCUT2D eigenvalue weighted by Crippen LogP contribution is -2.20. The lowest BCUT2D eigenvalue weighted by atomic mass is 10.1. The van der Waals surface area contributed by atoms with Crippen LogP contribution in [0.5, 0.6) is 5.75 Å². The van der Waals surface area contributed by atoms with Gasteiger partial charge in [-0.25, -0.2) is 0 Å². The van der Waals surface area contributed by atoms with Crippen molar-refractivity contribution in [1.29, 1.82) is 0 Å². The summed E-state index contributed by atoms with van der Waals surface area (Å²) in [5, 5.41) is 3.25. The molecule has 1 atom stereocenters. The average molecular weight is 235 g/mol. The summed E-state index contributed by atoms with van der Waals surface area (Å²) in [6, 6.07) is 7.61. The quantitative estimate of drug-likeness (QED) is 0.795. The molecule has 4 nitrogen and oxygen atoms in total. The predicted molar refractivity (Wildman–Crippen MR) is 64.1 cm³/mol. The van der Waals surface area contributed by atoms with Gasteiger partial charge in [0.25, 0.3) is 0 Å². The third kappa shape index (κ3) is 3.20. The van der Waals surface area contributed by atoms with Gasteiger partial charge in [0.1, 0.15) is 11.9 Å². The molecule has 92 valence electrons. The Bertz CT molecular complexity index is 386. The lowest BCUT2D eigenvalue weighted by Gasteiger charge is -2.15. The van der Waals surface area contributed by atoms with Crippen molar-refractivity contribution in [3.05, 3.63) is 29.8 Å². The van der Waals surface area contributed by atoms with Crippen LogP contribution in [0.3, 0.4) is 0 Å². The van der Waals surface area contributed by atoms with E-state index in [1.807, 2.05) is 24.3 Å². The van der Waals surface area contributed by atoms with Crippen molar-refractivity contribution in [1.82, 2.24) is 5.32 Å². The Labute approximate surface area is 101 Å². The molecule has 4 heteroatoms. The fourth-order valence-electron chi connectivity index (χ4n) is 1.90. The van der Waals surface area contributed by atoms with E-state index in [2.05, 4.69) is 10.1 Å². The summed E-state index contributed by atoms with van der Waals surface area (Å²) >= 11 is 0. The van der Waals surface area contributed by atoms with E-state index in [0.29, 0.717) is 0 Å². The van der Waals surface area contributed by atoms with Crippen LogP contribution in [0, 0.1) is 0 Å². The van der Waals surface area contributed by atoms with Crippen LogP contribution in [-0.2, 0) is 16.0 Å². The third-order valence-corrected chi connectivity index (χ3v) is 2.84. The number of benzene rings is 1. The second-order valence-electron chi connectivity index (χ2n) is 4.09. The topological polar surface area (TPSA) is 47.6 Å². The molecule has 1 aliphatic heterocycles. The number of rotatable bonds is 4. The zero-order valence-corrected chi connectivity index (χ0v) is 9.94. The number of esters is 1. The molecular formula is C13H17NO3. The van der Waals surface area contributed by atoms with Crippen LogP contribution in [0.15, 0.2) is 24.3 Å². The highest BCUT2D eigenvalue weighted by Gasteiger charge is 2.18. The van der Waals surface area contributed by atoms with Gasteiger partial charge in [0, 0.05) is 12.1 Å². The molecular weight excluding hydrogens is 218 g/mol. The van der Waals surface area contributed by atoms with Gasteiger partial charge < -0.3 is 14.8 Å². The van der Waals surface area contributed by atoms with Gasteiger partial charge >= 0.3 is 5.97 Å². The summed E-state index contributed by atoms with van der Waals surface area (Å²) in [4.78, 5) is 11.3. The fraction of sp³-hybridized carbons (Fsp3) is 0.462. The van der Waals surface area contributed by atoms with Crippen LogP contribution in [0.4, 0.5) is 0 Å². The van der Waals surface area contributed by atoms with E-state index in [1.54, 1.807) is 0 Å². The number of methoxy groups -OCH3 is 1. The smallest absolute Gasteiger partial charge is 0.310 e. The molecule has 1 saturated heterocycles. The predicted octanol–water partition coefficient (Wildman–Crippen LogP) is 1.14. The zero-order chi connectivity index (χ0) is 12.1. The number of carbonyl (C=O) groups excluding carboxylic acids is 1. The number of hydrogen-bond donors (Lipinski definition) is 1. The fourth-order valence-corrected chi connectivity index (χ4v) is 1.90. The molecule has 0 aliphatic carbocycles. The molecule has 0 bridgehead atoms. The van der Waals surface area contributed by atoms with Crippen LogP contribution in [0.2, 0.25) is 0 Å². The Morgan fingerprint density at radius 3 is 3.00 bits per heavy atom. The average Bonchev–Trinajstić information content (AvgIpc) is 2.84. The van der Waals surface area contributed by atoms with Gasteiger partial charge in [0.15, 0.2) is 0 Å². The number of hydrogen-bond acceptors (Lipinski definition) is 4. The molecule has 1 aliphatic rings. The van der Waals surface area contributed by atoms with Gasteiger partial charge in [0.05, 0.1) is 13.5 Å². The van der Waals surface area contributed by atoms with Crippen molar-refractivity contribution in [3.8, 4) is 5.75 Å². The molecule has 1 aromatic rings. The van der Waals surface area contributed by atoms with Gasteiger partial charge in [-0.3, -0.25) is 4.79 Å². The molecule has 1 unspecified atom stereocenters. The second-order valence-corrected chi connectivity index (χ2v) is 4.09. The van der Waals surface area contributed by atoms with E-state index < -0.39 is 0 Å². The molecule has 0 spiro atoms. The molecule has 1 aromatic carbocycles. The van der Waals surface area contributed by atoms with E-state index >= 15 is 0 Å². The number of carbonyl (C=O) groups is 1. The summed E-state index contributed by atoms with van der Waals surface area (Å²) in [5.74, 6) is 0.539. The van der Waals surface area contributed by atoms with Gasteiger partial charge in [-0.05, 0) is 19.0 Å². The van der Waals surface area contributed by atoms with Crippen molar-refractivity contribution >= 4 is 5.97 Å². The van der Waals surface area contributed by atoms with Crippen LogP contribution in [-0.4, -0.2) is 32.3 Å². The molecule has 2 rings (SSSR count). The highest BCUT2D eigenvalue weighted by molar-refractivity contribution is 5.73. The maximum absolute atomic E-state index is 11.3. The van der Waals surface area contributed by atoms with Crippen LogP contribution < -0.4 is 10.1 Å². The number of para-hydroxylation sites is 1. The van der Waals surface area contributed by atoms with E-state index in [4.69, 9.17) is 4.74 Å². The Kier molecular flexibility index (Phi) is 3.98.